The fourth-order valence-corrected chi connectivity index (χ4v) is 0. The molecule has 0 spiro atoms. The molecule has 0 aliphatic heterocycles. The summed E-state index contributed by atoms with van der Waals surface area (Å²) in [7, 11) is -4.67. The van der Waals surface area contributed by atoms with Gasteiger partial charge >= 0.3 is 71.2 Å². The number of hydrogen-bond donors (Lipinski definition) is 2. The van der Waals surface area contributed by atoms with Crippen LogP contribution in [0.15, 0.2) is 0 Å². The Kier molecular flexibility index (Phi) is 23.1. The van der Waals surface area contributed by atoms with Crippen LogP contribution in [0.1, 0.15) is 2.85 Å². The van der Waals surface area contributed by atoms with Gasteiger partial charge in [-0.1, -0.05) is 0 Å². The van der Waals surface area contributed by atoms with Gasteiger partial charge in [-0.05, 0) is 6.16 Å². The van der Waals surface area contributed by atoms with Gasteiger partial charge in [0.1, 0.15) is 0 Å². The minimum Gasteiger partial charge on any atom is -1.00 e. The maximum Gasteiger partial charge on any atom is 2.00 e. The van der Waals surface area contributed by atoms with Gasteiger partial charge in [-0.25, -0.2) is 0 Å². The average molecular weight is 224 g/mol. The van der Waals surface area contributed by atoms with Crippen LogP contribution < -0.4 is 10.2 Å². The summed E-state index contributed by atoms with van der Waals surface area (Å²) in [6.45, 7) is 0. The second-order valence-electron chi connectivity index (χ2n) is 0.698. The van der Waals surface area contributed by atoms with Crippen LogP contribution in [-0.2, 0) is 10.4 Å². The van der Waals surface area contributed by atoms with Crippen LogP contribution in [0.25, 0.3) is 0 Å². The smallest absolute Gasteiger partial charge is 1.00 e. The van der Waals surface area contributed by atoms with E-state index in [0.29, 0.717) is 0 Å². The molecule has 0 aromatic carbocycles. The zero-order valence-electron chi connectivity index (χ0n) is 7.26. The summed E-state index contributed by atoms with van der Waals surface area (Å²) in [5.74, 6) is 0. The summed E-state index contributed by atoms with van der Waals surface area (Å²) in [6.07, 6.45) is -2.33. The van der Waals surface area contributed by atoms with Gasteiger partial charge in [0.2, 0.25) is 0 Å². The van der Waals surface area contributed by atoms with Crippen molar-refractivity contribution in [3.63, 3.8) is 0 Å². The van der Waals surface area contributed by atoms with E-state index in [2.05, 4.69) is 0 Å². The Bertz CT molecular complexity index is 169. The number of carbonyl (C=O) groups excluding carboxylic acids is 1. The number of carbonyl (C=O) groups is 1. The molecule has 11 heavy (non-hydrogen) atoms. The van der Waals surface area contributed by atoms with E-state index >= 15 is 0 Å². The fraction of sp³-hybridized carbons (Fsp3) is 0. The first kappa shape index (κ1) is 22.7. The first-order valence-electron chi connectivity index (χ1n) is 1.31. The van der Waals surface area contributed by atoms with Crippen molar-refractivity contribution in [2.45, 2.75) is 0 Å². The first-order chi connectivity index (χ1) is 3.73. The molecule has 2 N–H and O–H groups in total. The van der Waals surface area contributed by atoms with Crippen molar-refractivity contribution in [1.29, 1.82) is 0 Å². The zero-order chi connectivity index (χ0) is 8.08. The number of hydrogen-bond acceptors (Lipinski definition) is 5. The van der Waals surface area contributed by atoms with Crippen LogP contribution >= 0.6 is 0 Å². The average Bonchev–Trinajstić information content (AvgIpc) is 1.19. The zero-order valence-corrected chi connectivity index (χ0v) is 9.70. The van der Waals surface area contributed by atoms with Crippen LogP contribution in [0, 0.1) is 0 Å². The summed E-state index contributed by atoms with van der Waals surface area (Å²) in [5.41, 5.74) is 0. The quantitative estimate of drug-likeness (QED) is 0.320. The second-order valence-corrected chi connectivity index (χ2v) is 1.59. The Hall–Kier alpha value is 1.17. The molecule has 0 atom stereocenters. The first-order valence-corrected chi connectivity index (χ1v) is 2.71. The van der Waals surface area contributed by atoms with Crippen LogP contribution in [-0.4, -0.2) is 84.5 Å². The van der Waals surface area contributed by atoms with Gasteiger partial charge in [0.15, 0.2) is 0 Å². The van der Waals surface area contributed by atoms with Crippen molar-refractivity contribution in [2.75, 3.05) is 0 Å². The van der Waals surface area contributed by atoms with E-state index in [9.17, 15) is 0 Å². The Morgan fingerprint density at radius 3 is 1.27 bits per heavy atom. The molecule has 7 nitrogen and oxygen atoms in total. The van der Waals surface area contributed by atoms with Crippen molar-refractivity contribution >= 4 is 77.3 Å². The molecule has 0 aromatic rings. The maximum atomic E-state index is 8.74. The third-order valence-electron chi connectivity index (χ3n) is 0. The molecule has 0 amide bonds. The minimum atomic E-state index is -4.67. The molecule has 0 aliphatic carbocycles. The fourth-order valence-electron chi connectivity index (χ4n) is 0. The molecule has 0 saturated heterocycles. The second kappa shape index (κ2) is 11.2. The Morgan fingerprint density at radius 2 is 1.27 bits per heavy atom. The molecule has 10 heteroatoms. The molecule has 0 radical (unpaired) electrons. The van der Waals surface area contributed by atoms with Gasteiger partial charge in [0, 0.05) is 0 Å². The monoisotopic (exact) mass is 224 g/mol. The topological polar surface area (TPSA) is 138 Å². The Morgan fingerprint density at radius 1 is 1.27 bits per heavy atom. The van der Waals surface area contributed by atoms with E-state index in [1.54, 1.807) is 0 Å². The van der Waals surface area contributed by atoms with Gasteiger partial charge in [-0.3, -0.25) is 9.11 Å². The molecular weight excluding hydrogens is 220 g/mol. The standard InChI is InChI=1S/CH2O3.Ca.Mg.H2O4S.2H/c2-1(3)4;;;1-5(2,3)4;;/h(H2,2,3,4);;;(H2,1,2,3,4);;/q;2*+2;;2*-1/p-2. The molecule has 0 aromatic heterocycles. The molecule has 0 bridgehead atoms. The summed E-state index contributed by atoms with van der Waals surface area (Å²) in [6, 6.07) is 0. The third kappa shape index (κ3) is 690. The van der Waals surface area contributed by atoms with Gasteiger partial charge in [-0.2, -0.15) is 8.42 Å². The number of carboxylic acid groups (broad SMARTS) is 2. The molecule has 0 heterocycles. The molecule has 0 aliphatic rings. The van der Waals surface area contributed by atoms with Crippen molar-refractivity contribution in [1.82, 2.24) is 0 Å². The molecular formula is CH4CaMgO7S. The van der Waals surface area contributed by atoms with Gasteiger partial charge in [0.25, 0.3) is 0 Å². The van der Waals surface area contributed by atoms with Crippen LogP contribution in [0.2, 0.25) is 0 Å². The molecule has 0 saturated carbocycles. The van der Waals surface area contributed by atoms with E-state index in [0.717, 1.165) is 0 Å². The maximum absolute atomic E-state index is 8.74. The third-order valence-corrected chi connectivity index (χ3v) is 0. The van der Waals surface area contributed by atoms with E-state index in [1.165, 1.54) is 0 Å². The van der Waals surface area contributed by atoms with Gasteiger partial charge in [-0.15, -0.1) is 0 Å². The van der Waals surface area contributed by atoms with Crippen molar-refractivity contribution in [3.8, 4) is 0 Å². The van der Waals surface area contributed by atoms with E-state index in [4.69, 9.17) is 32.5 Å². The summed E-state index contributed by atoms with van der Waals surface area (Å²) >= 11 is 0. The number of rotatable bonds is 0. The Balaban J connectivity index is -0.0000000146. The van der Waals surface area contributed by atoms with Crippen LogP contribution in [0.3, 0.4) is 0 Å². The molecule has 0 fully saturated rings. The van der Waals surface area contributed by atoms with E-state index in [1.807, 2.05) is 0 Å². The molecule has 0 unspecified atom stereocenters. The largest absolute Gasteiger partial charge is 2.00 e. The van der Waals surface area contributed by atoms with E-state index < -0.39 is 16.6 Å². The summed E-state index contributed by atoms with van der Waals surface area (Å²) in [4.78, 5) is 8.33. The molecule has 60 valence electrons. The predicted octanol–water partition coefficient (Wildman–Crippen LogP) is -3.64. The van der Waals surface area contributed by atoms with Gasteiger partial charge in [0.05, 0.1) is 0 Å². The minimum absolute atomic E-state index is 0. The van der Waals surface area contributed by atoms with Crippen LogP contribution in [0.4, 0.5) is 4.79 Å². The normalized spacial score (nSPS) is 7.45. The Labute approximate surface area is 111 Å². The van der Waals surface area contributed by atoms with Crippen LogP contribution in [0.5, 0.6) is 0 Å². The summed E-state index contributed by atoms with van der Waals surface area (Å²) < 4.78 is 31.6. The summed E-state index contributed by atoms with van der Waals surface area (Å²) in [5, 5.41) is 16.7. The van der Waals surface area contributed by atoms with Gasteiger partial charge < -0.3 is 17.9 Å². The van der Waals surface area contributed by atoms with Crippen molar-refractivity contribution in [3.05, 3.63) is 0 Å². The SMILES string of the molecule is O=C([O-])[O-].O=S(=O)(O)O.[Ca+2].[H-].[H-].[Mg+2]. The molecule has 0 rings (SSSR count). The van der Waals surface area contributed by atoms with Crippen molar-refractivity contribution in [2.24, 2.45) is 0 Å². The van der Waals surface area contributed by atoms with E-state index in [-0.39, 0.29) is 63.6 Å². The van der Waals surface area contributed by atoms with Crippen molar-refractivity contribution < 1.29 is 35.4 Å². The predicted molar refractivity (Wildman–Crippen MR) is 33.3 cm³/mol.